The molecule has 2 fully saturated rings. The summed E-state index contributed by atoms with van der Waals surface area (Å²) in [4.78, 5) is 45.6. The third kappa shape index (κ3) is 7.57. The second-order valence-electron chi connectivity index (χ2n) is 9.32. The zero-order chi connectivity index (χ0) is 27.5. The van der Waals surface area contributed by atoms with Gasteiger partial charge in [0.05, 0.1) is 0 Å². The maximum Gasteiger partial charge on any atom is 0.279 e. The van der Waals surface area contributed by atoms with E-state index in [1.54, 1.807) is 30.3 Å². The van der Waals surface area contributed by atoms with Crippen molar-refractivity contribution >= 4 is 17.7 Å². The number of ether oxygens (including phenoxy) is 1. The Balaban J connectivity index is 1.70. The number of allylic oxidation sites excluding steroid dienone is 4. The molecule has 1 aromatic carbocycles. The normalized spacial score (nSPS) is 18.9. The molecular weight excluding hydrogens is 484 g/mol. The van der Waals surface area contributed by atoms with Crippen LogP contribution in [0.3, 0.4) is 0 Å². The van der Waals surface area contributed by atoms with E-state index in [4.69, 9.17) is 9.57 Å². The van der Waals surface area contributed by atoms with E-state index in [0.29, 0.717) is 30.2 Å². The summed E-state index contributed by atoms with van der Waals surface area (Å²) in [6, 6.07) is 7.21. The van der Waals surface area contributed by atoms with Crippen LogP contribution >= 0.6 is 0 Å². The van der Waals surface area contributed by atoms with Crippen molar-refractivity contribution < 1.29 is 24.0 Å². The van der Waals surface area contributed by atoms with Crippen molar-refractivity contribution in [1.82, 2.24) is 21.0 Å². The highest BCUT2D eigenvalue weighted by Crippen LogP contribution is 2.20. The number of likely N-dealkylation sites (N-methyl/N-ethyl adjacent to an activating group) is 2. The molecule has 0 spiro atoms. The van der Waals surface area contributed by atoms with Crippen LogP contribution in [-0.4, -0.2) is 61.2 Å². The molecule has 2 unspecified atom stereocenters. The molecule has 0 bridgehead atoms. The summed E-state index contributed by atoms with van der Waals surface area (Å²) in [6.45, 7) is 5.63. The van der Waals surface area contributed by atoms with E-state index in [-0.39, 0.29) is 0 Å². The number of hydroxylamine groups is 1. The van der Waals surface area contributed by atoms with Gasteiger partial charge < -0.3 is 20.3 Å². The van der Waals surface area contributed by atoms with Gasteiger partial charge in [-0.1, -0.05) is 24.5 Å². The monoisotopic (exact) mass is 520 g/mol. The van der Waals surface area contributed by atoms with Crippen molar-refractivity contribution in [3.63, 3.8) is 0 Å². The highest BCUT2D eigenvalue weighted by Gasteiger charge is 2.47. The number of amides is 3. The number of benzene rings is 1. The molecule has 0 aromatic heterocycles. The van der Waals surface area contributed by atoms with Gasteiger partial charge in [-0.05, 0) is 75.2 Å². The Morgan fingerprint density at radius 3 is 2.50 bits per heavy atom. The fourth-order valence-electron chi connectivity index (χ4n) is 3.70. The van der Waals surface area contributed by atoms with Crippen LogP contribution in [0, 0.1) is 11.8 Å². The van der Waals surface area contributed by atoms with Gasteiger partial charge in [-0.3, -0.25) is 14.4 Å². The second kappa shape index (κ2) is 13.6. The predicted molar refractivity (Wildman–Crippen MR) is 144 cm³/mol. The Hall–Kier alpha value is -3.87. The van der Waals surface area contributed by atoms with E-state index in [9.17, 15) is 14.4 Å². The highest BCUT2D eigenvalue weighted by atomic mass is 16.8. The molecule has 38 heavy (non-hydrogen) atoms. The van der Waals surface area contributed by atoms with E-state index in [1.807, 2.05) is 18.4 Å². The fourth-order valence-corrected chi connectivity index (χ4v) is 3.70. The lowest BCUT2D eigenvalue weighted by atomic mass is 9.96. The summed E-state index contributed by atoms with van der Waals surface area (Å²) in [6.07, 6.45) is 11.5. The summed E-state index contributed by atoms with van der Waals surface area (Å²) in [5.41, 5.74) is 2.23. The molecule has 1 aromatic rings. The average molecular weight is 521 g/mol. The minimum Gasteiger partial charge on any atom is -0.388 e. The van der Waals surface area contributed by atoms with Crippen LogP contribution in [0.1, 0.15) is 54.9 Å². The Morgan fingerprint density at radius 1 is 1.16 bits per heavy atom. The number of hydrogen-bond donors (Lipinski definition) is 3. The summed E-state index contributed by atoms with van der Waals surface area (Å²) >= 11 is 0. The van der Waals surface area contributed by atoms with Crippen LogP contribution in [0.15, 0.2) is 60.8 Å². The average Bonchev–Trinajstić information content (AvgIpc) is 3.78. The molecule has 1 saturated heterocycles. The molecule has 1 aliphatic heterocycles. The molecule has 9 nitrogen and oxygen atoms in total. The van der Waals surface area contributed by atoms with Gasteiger partial charge in [-0.2, -0.15) is 0 Å². The quantitative estimate of drug-likeness (QED) is 0.189. The lowest BCUT2D eigenvalue weighted by Crippen LogP contribution is -2.65. The van der Waals surface area contributed by atoms with Crippen LogP contribution in [0.2, 0.25) is 0 Å². The Labute approximate surface area is 224 Å². The van der Waals surface area contributed by atoms with Crippen molar-refractivity contribution in [2.45, 2.75) is 56.9 Å². The molecule has 202 valence electrons. The van der Waals surface area contributed by atoms with Gasteiger partial charge in [0.15, 0.2) is 11.8 Å². The van der Waals surface area contributed by atoms with Gasteiger partial charge >= 0.3 is 0 Å². The number of hydrogen-bond acceptors (Lipinski definition) is 6. The zero-order valence-corrected chi connectivity index (χ0v) is 22.2. The number of carbonyl (C=O) groups is 3. The number of nitrogens with zero attached hydrogens (tertiary/aromatic N) is 1. The van der Waals surface area contributed by atoms with Gasteiger partial charge in [0.2, 0.25) is 0 Å². The first-order valence-corrected chi connectivity index (χ1v) is 12.7. The molecule has 0 radical (unpaired) electrons. The van der Waals surface area contributed by atoms with Crippen molar-refractivity contribution in [1.29, 1.82) is 0 Å². The van der Waals surface area contributed by atoms with E-state index >= 15 is 0 Å². The largest absolute Gasteiger partial charge is 0.388 e. The smallest absolute Gasteiger partial charge is 0.279 e. The molecule has 1 heterocycles. The van der Waals surface area contributed by atoms with Crippen LogP contribution in [0.5, 0.6) is 0 Å². The lowest BCUT2D eigenvalue weighted by Gasteiger charge is -2.36. The van der Waals surface area contributed by atoms with E-state index in [2.05, 4.69) is 34.5 Å². The first-order chi connectivity index (χ1) is 18.3. The highest BCUT2D eigenvalue weighted by molar-refractivity contribution is 6.12. The number of nitrogens with one attached hydrogen (secondary N) is 3. The van der Waals surface area contributed by atoms with Crippen molar-refractivity contribution in [2.24, 2.45) is 0 Å². The SMILES string of the molecule is C=C/C=C(C#Cc1ccc(C(=O)N(C)C(C)(C(=O)NC)C(=O)NOC2CCCCO2)cc1)\C=C/NC1CC1. The van der Waals surface area contributed by atoms with Gasteiger partial charge in [-0.25, -0.2) is 10.3 Å². The van der Waals surface area contributed by atoms with E-state index in [1.165, 1.54) is 33.9 Å². The van der Waals surface area contributed by atoms with Crippen molar-refractivity contribution in [2.75, 3.05) is 20.7 Å². The minimum atomic E-state index is -1.87. The van der Waals surface area contributed by atoms with Gasteiger partial charge in [0, 0.05) is 49.9 Å². The Bertz CT molecular complexity index is 1140. The molecule has 3 amide bonds. The fraction of sp³-hybridized carbons (Fsp3) is 0.414. The number of rotatable bonds is 10. The van der Waals surface area contributed by atoms with E-state index < -0.39 is 29.6 Å². The molecular formula is C29H36N4O5. The van der Waals surface area contributed by atoms with Crippen LogP contribution in [0.25, 0.3) is 0 Å². The zero-order valence-electron chi connectivity index (χ0n) is 22.2. The molecule has 1 aliphatic carbocycles. The third-order valence-corrected chi connectivity index (χ3v) is 6.46. The number of carbonyl (C=O) groups excluding carboxylic acids is 3. The molecule has 2 aliphatic rings. The maximum absolute atomic E-state index is 13.3. The molecule has 3 rings (SSSR count). The van der Waals surface area contributed by atoms with Gasteiger partial charge in [0.25, 0.3) is 17.7 Å². The van der Waals surface area contributed by atoms with Crippen LogP contribution in [0.4, 0.5) is 0 Å². The summed E-state index contributed by atoms with van der Waals surface area (Å²) < 4.78 is 5.45. The lowest BCUT2D eigenvalue weighted by molar-refractivity contribution is -0.204. The Morgan fingerprint density at radius 2 is 1.89 bits per heavy atom. The summed E-state index contributed by atoms with van der Waals surface area (Å²) in [5.74, 6) is 4.21. The molecule has 1 saturated carbocycles. The third-order valence-electron chi connectivity index (χ3n) is 6.46. The predicted octanol–water partition coefficient (Wildman–Crippen LogP) is 2.57. The minimum absolute atomic E-state index is 0.299. The molecule has 9 heteroatoms. The van der Waals surface area contributed by atoms with Crippen molar-refractivity contribution in [3.8, 4) is 11.8 Å². The summed E-state index contributed by atoms with van der Waals surface area (Å²) in [5, 5.41) is 5.76. The second-order valence-corrected chi connectivity index (χ2v) is 9.32. The Kier molecular flexibility index (Phi) is 10.3. The first kappa shape index (κ1) is 28.7. The van der Waals surface area contributed by atoms with Crippen LogP contribution < -0.4 is 16.1 Å². The molecule has 3 N–H and O–H groups in total. The first-order valence-electron chi connectivity index (χ1n) is 12.7. The summed E-state index contributed by atoms with van der Waals surface area (Å²) in [7, 11) is 2.80. The molecule has 2 atom stereocenters. The van der Waals surface area contributed by atoms with Crippen LogP contribution in [-0.2, 0) is 19.2 Å². The van der Waals surface area contributed by atoms with Gasteiger partial charge in [0.1, 0.15) is 0 Å². The topological polar surface area (TPSA) is 109 Å². The maximum atomic E-state index is 13.3. The van der Waals surface area contributed by atoms with Gasteiger partial charge in [-0.15, -0.1) is 0 Å². The van der Waals surface area contributed by atoms with E-state index in [0.717, 1.165) is 23.3 Å². The van der Waals surface area contributed by atoms with Crippen molar-refractivity contribution in [3.05, 3.63) is 72.0 Å². The standard InChI is InChI=1S/C29H36N4O5/c1-5-8-21(18-19-31-24-16-17-24)10-11-22-12-14-23(15-13-22)26(34)33(4)29(2,27(35)30-3)28(36)32-38-25-9-6-7-20-37-25/h5,8,12-15,18-19,24-25,31H,1,6-7,9,16-17,20H2,2-4H3,(H,30,35)(H,32,36)/b19-18-,21-8-.